The van der Waals surface area contributed by atoms with Crippen molar-refractivity contribution >= 4 is 15.9 Å². The molecular formula is C18H21Br. The molecule has 0 saturated heterocycles. The Labute approximate surface area is 125 Å². The number of alkyl halides is 1. The van der Waals surface area contributed by atoms with Gasteiger partial charge in [-0.2, -0.15) is 0 Å². The summed E-state index contributed by atoms with van der Waals surface area (Å²) in [6, 6.07) is 15.6. The van der Waals surface area contributed by atoms with Crippen LogP contribution >= 0.6 is 15.9 Å². The molecule has 0 aliphatic rings. The van der Waals surface area contributed by atoms with Crippen molar-refractivity contribution in [2.24, 2.45) is 0 Å². The number of halogens is 1. The molecule has 0 N–H and O–H groups in total. The predicted molar refractivity (Wildman–Crippen MR) is 87.1 cm³/mol. The normalized spacial score (nSPS) is 12.4. The van der Waals surface area contributed by atoms with Crippen molar-refractivity contribution in [3.05, 3.63) is 70.3 Å². The van der Waals surface area contributed by atoms with Crippen LogP contribution in [0.1, 0.15) is 46.5 Å². The van der Waals surface area contributed by atoms with E-state index in [2.05, 4.69) is 79.2 Å². The average molecular weight is 317 g/mol. The highest BCUT2D eigenvalue weighted by atomic mass is 79.9. The molecule has 2 rings (SSSR count). The van der Waals surface area contributed by atoms with E-state index in [0.717, 1.165) is 12.8 Å². The molecule has 0 aliphatic heterocycles. The number of rotatable bonds is 4. The van der Waals surface area contributed by atoms with Gasteiger partial charge in [0.25, 0.3) is 0 Å². The molecule has 0 radical (unpaired) electrons. The van der Waals surface area contributed by atoms with Crippen molar-refractivity contribution in [3.63, 3.8) is 0 Å². The summed E-state index contributed by atoms with van der Waals surface area (Å²) in [6.07, 6.45) is 2.21. The Balaban J connectivity index is 2.36. The molecule has 0 fully saturated rings. The van der Waals surface area contributed by atoms with Gasteiger partial charge >= 0.3 is 0 Å². The van der Waals surface area contributed by atoms with Crippen LogP contribution in [0.4, 0.5) is 0 Å². The Bertz CT molecular complexity index is 557. The Morgan fingerprint density at radius 1 is 0.895 bits per heavy atom. The topological polar surface area (TPSA) is 0 Å². The molecular weight excluding hydrogens is 296 g/mol. The SMILES string of the molecule is CCc1ccc(C(Br)c2cccc(C)c2)cc1CC. The van der Waals surface area contributed by atoms with Gasteiger partial charge < -0.3 is 0 Å². The molecule has 100 valence electrons. The molecule has 0 aromatic heterocycles. The first-order valence-corrected chi connectivity index (χ1v) is 7.89. The minimum absolute atomic E-state index is 0.281. The Morgan fingerprint density at radius 2 is 1.58 bits per heavy atom. The number of benzene rings is 2. The molecule has 2 aromatic rings. The molecule has 2 aromatic carbocycles. The van der Waals surface area contributed by atoms with E-state index in [0.29, 0.717) is 0 Å². The number of hydrogen-bond acceptors (Lipinski definition) is 0. The number of aryl methyl sites for hydroxylation is 3. The van der Waals surface area contributed by atoms with E-state index in [1.165, 1.54) is 27.8 Å². The van der Waals surface area contributed by atoms with E-state index < -0.39 is 0 Å². The third-order valence-corrected chi connectivity index (χ3v) is 4.68. The fourth-order valence-electron chi connectivity index (χ4n) is 2.50. The molecule has 19 heavy (non-hydrogen) atoms. The van der Waals surface area contributed by atoms with Crippen LogP contribution in [0.5, 0.6) is 0 Å². The van der Waals surface area contributed by atoms with Crippen molar-refractivity contribution in [1.82, 2.24) is 0 Å². The fraction of sp³-hybridized carbons (Fsp3) is 0.333. The molecule has 0 nitrogen and oxygen atoms in total. The van der Waals surface area contributed by atoms with Crippen LogP contribution in [0.15, 0.2) is 42.5 Å². The highest BCUT2D eigenvalue weighted by Crippen LogP contribution is 2.32. The number of hydrogen-bond donors (Lipinski definition) is 0. The van der Waals surface area contributed by atoms with E-state index in [9.17, 15) is 0 Å². The van der Waals surface area contributed by atoms with Crippen LogP contribution in [0.2, 0.25) is 0 Å². The van der Waals surface area contributed by atoms with Gasteiger partial charge in [0.1, 0.15) is 0 Å². The molecule has 0 spiro atoms. The molecule has 0 saturated carbocycles. The van der Waals surface area contributed by atoms with Gasteiger partial charge in [0.2, 0.25) is 0 Å². The van der Waals surface area contributed by atoms with E-state index in [1.807, 2.05) is 0 Å². The molecule has 0 heterocycles. The van der Waals surface area contributed by atoms with Crippen molar-refractivity contribution in [2.45, 2.75) is 38.4 Å². The van der Waals surface area contributed by atoms with Crippen molar-refractivity contribution in [1.29, 1.82) is 0 Å². The van der Waals surface area contributed by atoms with Gasteiger partial charge in [-0.1, -0.05) is 77.8 Å². The fourth-order valence-corrected chi connectivity index (χ4v) is 3.07. The van der Waals surface area contributed by atoms with Crippen LogP contribution in [0, 0.1) is 6.92 Å². The maximum atomic E-state index is 3.84. The van der Waals surface area contributed by atoms with E-state index >= 15 is 0 Å². The summed E-state index contributed by atoms with van der Waals surface area (Å²) < 4.78 is 0. The minimum atomic E-state index is 0.281. The van der Waals surface area contributed by atoms with Crippen molar-refractivity contribution in [2.75, 3.05) is 0 Å². The first-order chi connectivity index (χ1) is 9.15. The third-order valence-electron chi connectivity index (χ3n) is 3.62. The predicted octanol–water partition coefficient (Wildman–Crippen LogP) is 5.60. The lowest BCUT2D eigenvalue weighted by Gasteiger charge is -2.15. The van der Waals surface area contributed by atoms with E-state index in [4.69, 9.17) is 0 Å². The van der Waals surface area contributed by atoms with Gasteiger partial charge in [-0.15, -0.1) is 0 Å². The van der Waals surface area contributed by atoms with Gasteiger partial charge in [0.15, 0.2) is 0 Å². The second kappa shape index (κ2) is 6.38. The van der Waals surface area contributed by atoms with Gasteiger partial charge in [-0.25, -0.2) is 0 Å². The monoisotopic (exact) mass is 316 g/mol. The summed E-state index contributed by atoms with van der Waals surface area (Å²) in [5, 5.41) is 0. The summed E-state index contributed by atoms with van der Waals surface area (Å²) in [4.78, 5) is 0.281. The zero-order chi connectivity index (χ0) is 13.8. The lowest BCUT2D eigenvalue weighted by atomic mass is 9.96. The zero-order valence-electron chi connectivity index (χ0n) is 11.9. The standard InChI is InChI=1S/C18H21Br/c1-4-14-9-10-17(12-15(14)5-2)18(19)16-8-6-7-13(3)11-16/h6-12,18H,4-5H2,1-3H3. The second-order valence-corrected chi connectivity index (χ2v) is 5.93. The third kappa shape index (κ3) is 3.27. The first-order valence-electron chi connectivity index (χ1n) is 6.98. The van der Waals surface area contributed by atoms with E-state index in [-0.39, 0.29) is 4.83 Å². The molecule has 0 amide bonds. The van der Waals surface area contributed by atoms with Crippen LogP contribution in [-0.4, -0.2) is 0 Å². The maximum Gasteiger partial charge on any atom is 0.0644 e. The van der Waals surface area contributed by atoms with Gasteiger partial charge in [-0.05, 0) is 42.0 Å². The smallest absolute Gasteiger partial charge is 0.0644 e. The van der Waals surface area contributed by atoms with Gasteiger partial charge in [0, 0.05) is 0 Å². The van der Waals surface area contributed by atoms with Crippen LogP contribution in [0.25, 0.3) is 0 Å². The maximum absolute atomic E-state index is 3.84. The molecule has 1 heteroatoms. The van der Waals surface area contributed by atoms with Crippen molar-refractivity contribution < 1.29 is 0 Å². The molecule has 0 bridgehead atoms. The summed E-state index contributed by atoms with van der Waals surface area (Å²) in [5.41, 5.74) is 6.92. The minimum Gasteiger partial charge on any atom is -0.0786 e. The largest absolute Gasteiger partial charge is 0.0786 e. The van der Waals surface area contributed by atoms with Crippen LogP contribution in [-0.2, 0) is 12.8 Å². The molecule has 0 aliphatic carbocycles. The van der Waals surface area contributed by atoms with Gasteiger partial charge in [0.05, 0.1) is 4.83 Å². The van der Waals surface area contributed by atoms with Gasteiger partial charge in [-0.3, -0.25) is 0 Å². The summed E-state index contributed by atoms with van der Waals surface area (Å²) in [7, 11) is 0. The lowest BCUT2D eigenvalue weighted by molar-refractivity contribution is 1.02. The molecule has 1 atom stereocenters. The average Bonchev–Trinajstić information content (AvgIpc) is 2.45. The molecule has 1 unspecified atom stereocenters. The first kappa shape index (κ1) is 14.3. The van der Waals surface area contributed by atoms with Crippen molar-refractivity contribution in [3.8, 4) is 0 Å². The zero-order valence-corrected chi connectivity index (χ0v) is 13.5. The van der Waals surface area contributed by atoms with Crippen LogP contribution < -0.4 is 0 Å². The summed E-state index contributed by atoms with van der Waals surface area (Å²) in [6.45, 7) is 6.59. The Hall–Kier alpha value is -1.08. The quantitative estimate of drug-likeness (QED) is 0.644. The highest BCUT2D eigenvalue weighted by Gasteiger charge is 2.12. The Kier molecular flexibility index (Phi) is 4.81. The van der Waals surface area contributed by atoms with E-state index in [1.54, 1.807) is 0 Å². The summed E-state index contributed by atoms with van der Waals surface area (Å²) in [5.74, 6) is 0. The Morgan fingerprint density at radius 3 is 2.21 bits per heavy atom. The summed E-state index contributed by atoms with van der Waals surface area (Å²) >= 11 is 3.84. The van der Waals surface area contributed by atoms with Crippen LogP contribution in [0.3, 0.4) is 0 Å². The highest BCUT2D eigenvalue weighted by molar-refractivity contribution is 9.09. The lowest BCUT2D eigenvalue weighted by Crippen LogP contribution is -1.97. The second-order valence-electron chi connectivity index (χ2n) is 5.01.